The minimum absolute atomic E-state index is 0.192. The lowest BCUT2D eigenvalue weighted by Gasteiger charge is -2.11. The van der Waals surface area contributed by atoms with Gasteiger partial charge in [0.15, 0.2) is 5.69 Å². The Morgan fingerprint density at radius 2 is 2.20 bits per heavy atom. The van der Waals surface area contributed by atoms with Crippen molar-refractivity contribution in [1.82, 2.24) is 15.1 Å². The van der Waals surface area contributed by atoms with Crippen LogP contribution in [-0.4, -0.2) is 46.8 Å². The number of aromatic nitrogens is 2. The molecule has 1 atom stereocenters. The normalized spacial score (nSPS) is 11.9. The van der Waals surface area contributed by atoms with E-state index in [-0.39, 0.29) is 5.91 Å². The number of hydrogen-bond donors (Lipinski definition) is 2. The molecule has 1 unspecified atom stereocenters. The second kappa shape index (κ2) is 6.44. The van der Waals surface area contributed by atoms with Gasteiger partial charge in [0.1, 0.15) is 5.82 Å². The number of aliphatic hydroxyl groups excluding tert-OH is 1. The Morgan fingerprint density at radius 3 is 2.75 bits per heavy atom. The second-order valence-corrected chi connectivity index (χ2v) is 5.24. The number of nitrogens with one attached hydrogen (secondary N) is 1. The third kappa shape index (κ3) is 3.52. The number of nitrogens with zero attached hydrogens (tertiary/aromatic N) is 3. The summed E-state index contributed by atoms with van der Waals surface area (Å²) in [5, 5.41) is 24.5. The lowest BCUT2D eigenvalue weighted by atomic mass is 10.2. The fourth-order valence-corrected chi connectivity index (χ4v) is 2.26. The standard InChI is InChI=1S/C13H16N4O2S/c1-17(2)13(19)10-3-4-12(16-15-10)14-7-11(18)9-5-6-20-8-9/h3-6,8,11,18H,7H2,1-2H3,(H,14,16). The Morgan fingerprint density at radius 1 is 1.40 bits per heavy atom. The number of aliphatic hydroxyl groups is 1. The van der Waals surface area contributed by atoms with Crippen molar-refractivity contribution in [3.63, 3.8) is 0 Å². The van der Waals surface area contributed by atoms with Gasteiger partial charge >= 0.3 is 0 Å². The summed E-state index contributed by atoms with van der Waals surface area (Å²) in [5.74, 6) is 0.331. The molecule has 2 N–H and O–H groups in total. The maximum absolute atomic E-state index is 11.6. The van der Waals surface area contributed by atoms with Crippen LogP contribution in [-0.2, 0) is 0 Å². The SMILES string of the molecule is CN(C)C(=O)c1ccc(NCC(O)c2ccsc2)nn1. The van der Waals surface area contributed by atoms with E-state index in [1.807, 2.05) is 16.8 Å². The predicted octanol–water partition coefficient (Wildman–Crippen LogP) is 1.39. The van der Waals surface area contributed by atoms with E-state index in [0.717, 1.165) is 5.56 Å². The van der Waals surface area contributed by atoms with Crippen LogP contribution in [0.2, 0.25) is 0 Å². The van der Waals surface area contributed by atoms with Gasteiger partial charge in [-0.2, -0.15) is 11.3 Å². The fraction of sp³-hybridized carbons (Fsp3) is 0.308. The minimum Gasteiger partial charge on any atom is -0.387 e. The summed E-state index contributed by atoms with van der Waals surface area (Å²) in [7, 11) is 3.32. The van der Waals surface area contributed by atoms with Crippen molar-refractivity contribution in [1.29, 1.82) is 0 Å². The van der Waals surface area contributed by atoms with Crippen molar-refractivity contribution in [2.24, 2.45) is 0 Å². The van der Waals surface area contributed by atoms with E-state index in [0.29, 0.717) is 18.1 Å². The molecular weight excluding hydrogens is 276 g/mol. The van der Waals surface area contributed by atoms with Crippen LogP contribution in [0.5, 0.6) is 0 Å². The molecule has 0 aromatic carbocycles. The second-order valence-electron chi connectivity index (χ2n) is 4.46. The Bertz CT molecular complexity index is 554. The molecule has 0 aliphatic rings. The average Bonchev–Trinajstić information content (AvgIpc) is 2.98. The summed E-state index contributed by atoms with van der Waals surface area (Å²) in [5.41, 5.74) is 1.16. The van der Waals surface area contributed by atoms with Crippen molar-refractivity contribution >= 4 is 23.1 Å². The van der Waals surface area contributed by atoms with Crippen LogP contribution < -0.4 is 5.32 Å². The highest BCUT2D eigenvalue weighted by Gasteiger charge is 2.11. The minimum atomic E-state index is -0.592. The molecule has 20 heavy (non-hydrogen) atoms. The van der Waals surface area contributed by atoms with Crippen LogP contribution in [0, 0.1) is 0 Å². The van der Waals surface area contributed by atoms with Crippen molar-refractivity contribution < 1.29 is 9.90 Å². The molecule has 2 heterocycles. The molecule has 0 aliphatic heterocycles. The van der Waals surface area contributed by atoms with Gasteiger partial charge in [0.25, 0.3) is 5.91 Å². The molecule has 106 valence electrons. The van der Waals surface area contributed by atoms with Gasteiger partial charge < -0.3 is 15.3 Å². The van der Waals surface area contributed by atoms with Crippen LogP contribution >= 0.6 is 11.3 Å². The summed E-state index contributed by atoms with van der Waals surface area (Å²) >= 11 is 1.54. The van der Waals surface area contributed by atoms with Gasteiger partial charge in [-0.25, -0.2) is 0 Å². The molecule has 1 amide bonds. The van der Waals surface area contributed by atoms with Crippen LogP contribution in [0.3, 0.4) is 0 Å². The van der Waals surface area contributed by atoms with Gasteiger partial charge in [-0.3, -0.25) is 4.79 Å². The highest BCUT2D eigenvalue weighted by atomic mass is 32.1. The van der Waals surface area contributed by atoms with Crippen LogP contribution in [0.25, 0.3) is 0 Å². The lowest BCUT2D eigenvalue weighted by molar-refractivity contribution is 0.0821. The van der Waals surface area contributed by atoms with E-state index in [2.05, 4.69) is 15.5 Å². The first-order chi connectivity index (χ1) is 9.58. The fourth-order valence-electron chi connectivity index (χ4n) is 1.55. The molecule has 0 radical (unpaired) electrons. The van der Waals surface area contributed by atoms with Crippen molar-refractivity contribution in [3.05, 3.63) is 40.2 Å². The van der Waals surface area contributed by atoms with E-state index in [9.17, 15) is 9.90 Å². The van der Waals surface area contributed by atoms with E-state index >= 15 is 0 Å². The topological polar surface area (TPSA) is 78.4 Å². The zero-order chi connectivity index (χ0) is 14.5. The molecule has 0 saturated heterocycles. The molecule has 2 aromatic heterocycles. The summed E-state index contributed by atoms with van der Waals surface area (Å²) in [4.78, 5) is 13.1. The van der Waals surface area contributed by atoms with Gasteiger partial charge in [-0.05, 0) is 34.5 Å². The molecule has 6 nitrogen and oxygen atoms in total. The summed E-state index contributed by atoms with van der Waals surface area (Å²) in [6, 6.07) is 5.15. The highest BCUT2D eigenvalue weighted by molar-refractivity contribution is 7.07. The molecule has 0 fully saturated rings. The number of thiophene rings is 1. The van der Waals surface area contributed by atoms with E-state index in [4.69, 9.17) is 0 Å². The Balaban J connectivity index is 1.93. The quantitative estimate of drug-likeness (QED) is 0.870. The molecule has 0 aliphatic carbocycles. The molecule has 0 spiro atoms. The van der Waals surface area contributed by atoms with Gasteiger partial charge in [-0.1, -0.05) is 0 Å². The smallest absolute Gasteiger partial charge is 0.273 e. The maximum Gasteiger partial charge on any atom is 0.273 e. The van der Waals surface area contributed by atoms with Crippen molar-refractivity contribution in [3.8, 4) is 0 Å². The zero-order valence-electron chi connectivity index (χ0n) is 11.3. The number of carbonyl (C=O) groups excluding carboxylic acids is 1. The number of amides is 1. The Labute approximate surface area is 121 Å². The van der Waals surface area contributed by atoms with Gasteiger partial charge in [-0.15, -0.1) is 10.2 Å². The maximum atomic E-state index is 11.6. The van der Waals surface area contributed by atoms with Crippen molar-refractivity contribution in [2.75, 3.05) is 26.0 Å². The molecule has 2 aromatic rings. The van der Waals surface area contributed by atoms with Gasteiger partial charge in [0, 0.05) is 20.6 Å². The average molecular weight is 292 g/mol. The zero-order valence-corrected chi connectivity index (χ0v) is 12.1. The van der Waals surface area contributed by atoms with E-state index in [1.165, 1.54) is 16.2 Å². The summed E-state index contributed by atoms with van der Waals surface area (Å²) in [6.45, 7) is 0.340. The van der Waals surface area contributed by atoms with Crippen LogP contribution in [0.15, 0.2) is 29.0 Å². The highest BCUT2D eigenvalue weighted by Crippen LogP contribution is 2.16. The number of carbonyl (C=O) groups is 1. The summed E-state index contributed by atoms with van der Waals surface area (Å²) < 4.78 is 0. The third-order valence-corrected chi connectivity index (χ3v) is 3.40. The van der Waals surface area contributed by atoms with Crippen LogP contribution in [0.1, 0.15) is 22.2 Å². The lowest BCUT2D eigenvalue weighted by Crippen LogP contribution is -2.23. The largest absolute Gasteiger partial charge is 0.387 e. The summed E-state index contributed by atoms with van der Waals surface area (Å²) in [6.07, 6.45) is -0.592. The van der Waals surface area contributed by atoms with Crippen molar-refractivity contribution in [2.45, 2.75) is 6.10 Å². The molecule has 7 heteroatoms. The molecular formula is C13H16N4O2S. The van der Waals surface area contributed by atoms with Crippen LogP contribution in [0.4, 0.5) is 5.82 Å². The first-order valence-corrected chi connectivity index (χ1v) is 7.01. The first kappa shape index (κ1) is 14.4. The molecule has 0 saturated carbocycles. The van der Waals surface area contributed by atoms with E-state index in [1.54, 1.807) is 26.2 Å². The monoisotopic (exact) mass is 292 g/mol. The van der Waals surface area contributed by atoms with Gasteiger partial charge in [0.05, 0.1) is 6.10 Å². The number of anilines is 1. The van der Waals surface area contributed by atoms with E-state index < -0.39 is 6.10 Å². The molecule has 2 rings (SSSR count). The number of rotatable bonds is 5. The Kier molecular flexibility index (Phi) is 4.65. The van der Waals surface area contributed by atoms with Gasteiger partial charge in [0.2, 0.25) is 0 Å². The first-order valence-electron chi connectivity index (χ1n) is 6.07. The third-order valence-electron chi connectivity index (χ3n) is 2.69. The predicted molar refractivity (Wildman–Crippen MR) is 77.8 cm³/mol. The Hall–Kier alpha value is -1.99. The number of hydrogen-bond acceptors (Lipinski definition) is 6. The molecule has 0 bridgehead atoms.